The number of methoxy groups -OCH3 is 1. The number of halogens is 4. The molecule has 244 valence electrons. The molecule has 4 heterocycles. The number of nitrogens with two attached hydrogens (primary N) is 1. The summed E-state index contributed by atoms with van der Waals surface area (Å²) in [5.41, 5.74) is 2.09. The summed E-state index contributed by atoms with van der Waals surface area (Å²) in [5, 5.41) is 8.97. The van der Waals surface area contributed by atoms with Crippen LogP contribution >= 0.6 is 0 Å². The zero-order valence-electron chi connectivity index (χ0n) is 25.5. The Balaban J connectivity index is 1.53. The van der Waals surface area contributed by atoms with Crippen molar-refractivity contribution in [3.05, 3.63) is 35.8 Å². The Morgan fingerprint density at radius 1 is 1.09 bits per heavy atom. The Bertz CT molecular complexity index is 1620. The van der Waals surface area contributed by atoms with Gasteiger partial charge >= 0.3 is 12.3 Å². The molecule has 0 unspecified atom stereocenters. The molecule has 13 nitrogen and oxygen atoms in total. The second-order valence-electron chi connectivity index (χ2n) is 12.2. The van der Waals surface area contributed by atoms with E-state index in [4.69, 9.17) is 15.2 Å². The van der Waals surface area contributed by atoms with Crippen molar-refractivity contribution in [1.29, 1.82) is 0 Å². The van der Waals surface area contributed by atoms with Crippen LogP contribution in [0.2, 0.25) is 0 Å². The average molecular weight is 639 g/mol. The van der Waals surface area contributed by atoms with Gasteiger partial charge in [0, 0.05) is 24.8 Å². The number of nitrogens with one attached hydrogen (secondary N) is 2. The highest BCUT2D eigenvalue weighted by Gasteiger charge is 2.42. The van der Waals surface area contributed by atoms with Crippen LogP contribution in [0.4, 0.5) is 28.2 Å². The number of rotatable bonds is 7. The lowest BCUT2D eigenvalue weighted by Crippen LogP contribution is -2.48. The van der Waals surface area contributed by atoms with E-state index in [0.717, 1.165) is 16.9 Å². The molecule has 1 fully saturated rings. The van der Waals surface area contributed by atoms with Crippen molar-refractivity contribution in [2.45, 2.75) is 58.6 Å². The third-order valence-electron chi connectivity index (χ3n) is 6.98. The van der Waals surface area contributed by atoms with E-state index in [1.807, 2.05) is 0 Å². The van der Waals surface area contributed by atoms with E-state index in [1.54, 1.807) is 34.6 Å². The first kappa shape index (κ1) is 33.2. The fourth-order valence-electron chi connectivity index (χ4n) is 4.83. The topological polar surface area (TPSA) is 166 Å². The van der Waals surface area contributed by atoms with Gasteiger partial charge in [-0.25, -0.2) is 23.7 Å². The van der Waals surface area contributed by atoms with Crippen molar-refractivity contribution in [2.75, 3.05) is 32.5 Å². The molecule has 1 saturated heterocycles. The lowest BCUT2D eigenvalue weighted by atomic mass is 9.91. The summed E-state index contributed by atoms with van der Waals surface area (Å²) in [4.78, 5) is 47.6. The first-order valence-electron chi connectivity index (χ1n) is 13.8. The fraction of sp³-hybridized carbons (Fsp3) is 0.500. The molecule has 17 heteroatoms. The number of alkyl carbamates (subject to hydrolysis) is 1. The number of carbonyl (C=O) groups is 3. The smallest absolute Gasteiger partial charge is 0.418 e. The summed E-state index contributed by atoms with van der Waals surface area (Å²) >= 11 is 0. The van der Waals surface area contributed by atoms with Gasteiger partial charge in [-0.2, -0.15) is 18.3 Å². The SMILES string of the molecule is COc1ncc(-c2cc(C(F)(F)F)c3c(N)ncnn23)cc1C(=O)N[C@@H]1CN(C(=O)C(C)(C)CNC(=O)OC(C)(C)C)C[C@@H]1F. The van der Waals surface area contributed by atoms with Crippen LogP contribution in [0.3, 0.4) is 0 Å². The van der Waals surface area contributed by atoms with Crippen LogP contribution in [0.1, 0.15) is 50.5 Å². The Kier molecular flexibility index (Phi) is 8.86. The summed E-state index contributed by atoms with van der Waals surface area (Å²) in [5.74, 6) is -1.86. The van der Waals surface area contributed by atoms with Crippen LogP contribution < -0.4 is 21.1 Å². The van der Waals surface area contributed by atoms with Gasteiger partial charge in [-0.3, -0.25) is 9.59 Å². The molecule has 0 bridgehead atoms. The first-order valence-corrected chi connectivity index (χ1v) is 13.8. The number of amides is 3. The van der Waals surface area contributed by atoms with Crippen LogP contribution in [0.5, 0.6) is 5.88 Å². The predicted molar refractivity (Wildman–Crippen MR) is 153 cm³/mol. The van der Waals surface area contributed by atoms with E-state index >= 15 is 4.39 Å². The third kappa shape index (κ3) is 7.17. The minimum absolute atomic E-state index is 0.0591. The molecule has 45 heavy (non-hydrogen) atoms. The van der Waals surface area contributed by atoms with E-state index < -0.39 is 64.2 Å². The van der Waals surface area contributed by atoms with Crippen LogP contribution in [0, 0.1) is 5.41 Å². The third-order valence-corrected chi connectivity index (χ3v) is 6.98. The molecule has 0 spiro atoms. The second-order valence-corrected chi connectivity index (χ2v) is 12.2. The predicted octanol–water partition coefficient (Wildman–Crippen LogP) is 3.23. The quantitative estimate of drug-likeness (QED) is 0.330. The normalized spacial score (nSPS) is 17.3. The highest BCUT2D eigenvalue weighted by molar-refractivity contribution is 5.98. The lowest BCUT2D eigenvalue weighted by Gasteiger charge is -2.30. The Labute approximate surface area is 255 Å². The number of hydrogen-bond donors (Lipinski definition) is 3. The average Bonchev–Trinajstić information content (AvgIpc) is 3.52. The Morgan fingerprint density at radius 2 is 1.78 bits per heavy atom. The zero-order valence-corrected chi connectivity index (χ0v) is 25.5. The van der Waals surface area contributed by atoms with Crippen molar-refractivity contribution in [2.24, 2.45) is 5.41 Å². The minimum atomic E-state index is -4.79. The molecule has 3 aromatic rings. The van der Waals surface area contributed by atoms with Gasteiger partial charge in [0.2, 0.25) is 11.8 Å². The zero-order chi connectivity index (χ0) is 33.5. The largest absolute Gasteiger partial charge is 0.480 e. The molecule has 4 N–H and O–H groups in total. The van der Waals surface area contributed by atoms with Crippen LogP contribution in [-0.4, -0.2) is 86.9 Å². The van der Waals surface area contributed by atoms with Gasteiger partial charge in [-0.05, 0) is 46.8 Å². The number of hydrogen-bond acceptors (Lipinski definition) is 9. The van der Waals surface area contributed by atoms with Gasteiger partial charge in [0.15, 0.2) is 5.82 Å². The molecule has 0 aromatic carbocycles. The molecule has 3 amide bonds. The van der Waals surface area contributed by atoms with Crippen molar-refractivity contribution >= 4 is 29.2 Å². The number of nitrogen functional groups attached to an aromatic ring is 1. The molecule has 1 aliphatic rings. The van der Waals surface area contributed by atoms with Gasteiger partial charge in [0.05, 0.1) is 36.4 Å². The van der Waals surface area contributed by atoms with Gasteiger partial charge in [0.25, 0.3) is 5.91 Å². The minimum Gasteiger partial charge on any atom is -0.480 e. The number of fused-ring (bicyclic) bond motifs is 1. The van der Waals surface area contributed by atoms with Gasteiger partial charge < -0.3 is 30.7 Å². The summed E-state index contributed by atoms with van der Waals surface area (Å²) in [6, 6.07) is 0.920. The number of aromatic nitrogens is 4. The van der Waals surface area contributed by atoms with E-state index in [1.165, 1.54) is 24.3 Å². The van der Waals surface area contributed by atoms with Crippen LogP contribution in [-0.2, 0) is 15.7 Å². The van der Waals surface area contributed by atoms with E-state index in [2.05, 4.69) is 25.7 Å². The van der Waals surface area contributed by atoms with Crippen molar-refractivity contribution in [3.63, 3.8) is 0 Å². The number of likely N-dealkylation sites (tertiary alicyclic amines) is 1. The van der Waals surface area contributed by atoms with Crippen LogP contribution in [0.15, 0.2) is 24.7 Å². The number of ether oxygens (including phenoxy) is 2. The Morgan fingerprint density at radius 3 is 2.40 bits per heavy atom. The second kappa shape index (κ2) is 12.0. The van der Waals surface area contributed by atoms with Crippen molar-refractivity contribution < 1.29 is 41.4 Å². The number of pyridine rings is 1. The molecule has 0 aliphatic carbocycles. The van der Waals surface area contributed by atoms with E-state index in [0.29, 0.717) is 0 Å². The summed E-state index contributed by atoms with van der Waals surface area (Å²) in [6.45, 7) is 7.69. The maximum absolute atomic E-state index is 15.1. The molecule has 1 aliphatic heterocycles. The van der Waals surface area contributed by atoms with E-state index in [-0.39, 0.29) is 42.3 Å². The van der Waals surface area contributed by atoms with Gasteiger partial charge in [-0.1, -0.05) is 0 Å². The highest BCUT2D eigenvalue weighted by atomic mass is 19.4. The van der Waals surface area contributed by atoms with Crippen LogP contribution in [0.25, 0.3) is 16.8 Å². The summed E-state index contributed by atoms with van der Waals surface area (Å²) in [7, 11) is 1.24. The maximum atomic E-state index is 15.1. The van der Waals surface area contributed by atoms with E-state index in [9.17, 15) is 27.6 Å². The summed E-state index contributed by atoms with van der Waals surface area (Å²) < 4.78 is 67.9. The number of anilines is 1. The molecule has 2 atom stereocenters. The molecule has 3 aromatic heterocycles. The lowest BCUT2D eigenvalue weighted by molar-refractivity contribution is -0.139. The fourth-order valence-corrected chi connectivity index (χ4v) is 4.83. The van der Waals surface area contributed by atoms with Crippen molar-refractivity contribution in [3.8, 4) is 17.1 Å². The molecular formula is C28H34F4N8O5. The van der Waals surface area contributed by atoms with Gasteiger partial charge in [0.1, 0.15) is 29.2 Å². The Hall–Kier alpha value is -4.70. The summed E-state index contributed by atoms with van der Waals surface area (Å²) in [6.07, 6.45) is -4.96. The molecule has 0 radical (unpaired) electrons. The standard InChI is InChI=1S/C28H34F4N8O5/c1-26(2,3)45-25(43)35-12-27(4,5)24(42)39-10-17(29)18(11-39)38-22(41)15-7-14(9-34-23(15)44-6)19-8-16(28(30,31)32)20-21(33)36-13-37-40(19)20/h7-9,13,17-18H,10-12H2,1-6H3,(H,35,43)(H,38,41)(H2,33,36,37)/t17-,18+/m0/s1. The number of carbonyl (C=O) groups excluding carboxylic acids is 3. The first-order chi connectivity index (χ1) is 20.8. The number of nitrogens with zero attached hydrogens (tertiary/aromatic N) is 5. The molecule has 4 rings (SSSR count). The maximum Gasteiger partial charge on any atom is 0.418 e. The molecule has 0 saturated carbocycles. The highest BCUT2D eigenvalue weighted by Crippen LogP contribution is 2.39. The van der Waals surface area contributed by atoms with Crippen molar-refractivity contribution in [1.82, 2.24) is 35.1 Å². The van der Waals surface area contributed by atoms with Gasteiger partial charge in [-0.15, -0.1) is 0 Å². The monoisotopic (exact) mass is 638 g/mol. The number of alkyl halides is 4. The molecular weight excluding hydrogens is 604 g/mol.